The number of oxazole rings is 1. The van der Waals surface area contributed by atoms with Crippen LogP contribution in [-0.2, 0) is 12.7 Å². The highest BCUT2D eigenvalue weighted by molar-refractivity contribution is 6.33. The van der Waals surface area contributed by atoms with Crippen molar-refractivity contribution in [2.75, 3.05) is 5.32 Å². The number of tetrazole rings is 1. The maximum absolute atomic E-state index is 13.6. The zero-order valence-corrected chi connectivity index (χ0v) is 23.0. The second-order valence-corrected chi connectivity index (χ2v) is 10.6. The summed E-state index contributed by atoms with van der Waals surface area (Å²) in [6.45, 7) is 6.60. The molecule has 0 aliphatic rings. The molecule has 2 aromatic carbocycles. The van der Waals surface area contributed by atoms with Gasteiger partial charge < -0.3 is 15.1 Å². The topological polar surface area (TPSA) is 128 Å². The van der Waals surface area contributed by atoms with Crippen LogP contribution in [0.25, 0.3) is 11.3 Å². The van der Waals surface area contributed by atoms with E-state index in [1.54, 1.807) is 58.0 Å². The summed E-state index contributed by atoms with van der Waals surface area (Å²) in [6, 6.07) is 9.45. The predicted octanol–water partition coefficient (Wildman–Crippen LogP) is 5.79. The van der Waals surface area contributed by atoms with Crippen LogP contribution in [0.3, 0.4) is 0 Å². The van der Waals surface area contributed by atoms with Crippen LogP contribution in [0, 0.1) is 6.92 Å². The van der Waals surface area contributed by atoms with E-state index in [0.717, 1.165) is 0 Å². The molecule has 0 fully saturated rings. The van der Waals surface area contributed by atoms with Crippen molar-refractivity contribution in [2.24, 2.45) is 0 Å². The SMILES string of the molecule is Cc1cc(Cl)cc(C(=O)NC(C)(C)C)c1NC(=O)c1nc(Cn2nnc(C(F)(F)F)n2)oc1-c1ccccc1Cl. The second kappa shape index (κ2) is 10.9. The number of carbonyl (C=O) groups is 2. The van der Waals surface area contributed by atoms with Gasteiger partial charge in [-0.3, -0.25) is 9.59 Å². The molecular weight excluding hydrogens is 574 g/mol. The molecule has 15 heteroatoms. The molecule has 0 bridgehead atoms. The Morgan fingerprint density at radius 3 is 2.40 bits per heavy atom. The smallest absolute Gasteiger partial charge is 0.438 e. The van der Waals surface area contributed by atoms with Crippen LogP contribution in [0.15, 0.2) is 40.8 Å². The van der Waals surface area contributed by atoms with E-state index in [1.165, 1.54) is 6.07 Å². The summed E-state index contributed by atoms with van der Waals surface area (Å²) in [5.74, 6) is -2.94. The first-order chi connectivity index (χ1) is 18.6. The third-order valence-electron chi connectivity index (χ3n) is 5.26. The third-order valence-corrected chi connectivity index (χ3v) is 5.81. The highest BCUT2D eigenvalue weighted by Crippen LogP contribution is 2.33. The summed E-state index contributed by atoms with van der Waals surface area (Å²) >= 11 is 12.5. The van der Waals surface area contributed by atoms with Gasteiger partial charge in [-0.15, -0.1) is 10.2 Å². The molecule has 10 nitrogen and oxygen atoms in total. The molecule has 0 aliphatic carbocycles. The maximum Gasteiger partial charge on any atom is 0.455 e. The number of benzene rings is 2. The molecule has 2 aromatic heterocycles. The lowest BCUT2D eigenvalue weighted by atomic mass is 10.0. The number of aromatic nitrogens is 5. The molecular formula is C25H22Cl2F3N7O3. The number of halogens is 5. The minimum absolute atomic E-state index is 0.0541. The van der Waals surface area contributed by atoms with Crippen molar-refractivity contribution in [3.05, 3.63) is 75.0 Å². The Labute approximate surface area is 235 Å². The average Bonchev–Trinajstić information content (AvgIpc) is 3.47. The van der Waals surface area contributed by atoms with E-state index < -0.39 is 35.9 Å². The lowest BCUT2D eigenvalue weighted by molar-refractivity contribution is -0.145. The van der Waals surface area contributed by atoms with Crippen LogP contribution in [0.2, 0.25) is 10.0 Å². The van der Waals surface area contributed by atoms with Gasteiger partial charge in [-0.05, 0) is 62.7 Å². The fraction of sp³-hybridized carbons (Fsp3) is 0.280. The van der Waals surface area contributed by atoms with Crippen LogP contribution in [0.1, 0.15) is 58.9 Å². The number of nitrogens with zero attached hydrogens (tertiary/aromatic N) is 5. The molecule has 210 valence electrons. The minimum atomic E-state index is -4.80. The van der Waals surface area contributed by atoms with Crippen molar-refractivity contribution >= 4 is 40.7 Å². The van der Waals surface area contributed by atoms with E-state index in [0.29, 0.717) is 15.9 Å². The Balaban J connectivity index is 1.74. The highest BCUT2D eigenvalue weighted by atomic mass is 35.5. The van der Waals surface area contributed by atoms with Crippen molar-refractivity contribution < 1.29 is 27.2 Å². The summed E-state index contributed by atoms with van der Waals surface area (Å²) in [5, 5.41) is 15.7. The predicted molar refractivity (Wildman–Crippen MR) is 140 cm³/mol. The summed E-state index contributed by atoms with van der Waals surface area (Å²) < 4.78 is 44.5. The van der Waals surface area contributed by atoms with E-state index >= 15 is 0 Å². The van der Waals surface area contributed by atoms with Crippen molar-refractivity contribution in [2.45, 2.75) is 46.0 Å². The molecule has 2 heterocycles. The molecule has 40 heavy (non-hydrogen) atoms. The first-order valence-electron chi connectivity index (χ1n) is 11.7. The van der Waals surface area contributed by atoms with Gasteiger partial charge in [0.15, 0.2) is 11.5 Å². The van der Waals surface area contributed by atoms with Gasteiger partial charge in [0.05, 0.1) is 16.3 Å². The molecule has 2 amide bonds. The number of carbonyl (C=O) groups excluding carboxylic acids is 2. The standard InChI is InChI=1S/C25H22Cl2F3N7O3/c1-12-9-13(26)10-15(21(38)33-24(2,3)4)18(12)32-22(39)19-20(14-7-5-6-8-16(14)27)40-17(31-19)11-37-35-23(34-36-37)25(28,29)30/h5-10H,11H2,1-4H3,(H,32,39)(H,33,38). The van der Waals surface area contributed by atoms with Gasteiger partial charge in [0.1, 0.15) is 6.54 Å². The molecule has 0 aliphatic heterocycles. The Kier molecular flexibility index (Phi) is 7.90. The maximum atomic E-state index is 13.6. The van der Waals surface area contributed by atoms with E-state index in [9.17, 15) is 22.8 Å². The van der Waals surface area contributed by atoms with Crippen molar-refractivity contribution in [3.63, 3.8) is 0 Å². The lowest BCUT2D eigenvalue weighted by Gasteiger charge is -2.22. The second-order valence-electron chi connectivity index (χ2n) is 9.71. The first-order valence-corrected chi connectivity index (χ1v) is 12.4. The van der Waals surface area contributed by atoms with Gasteiger partial charge in [0.2, 0.25) is 5.89 Å². The van der Waals surface area contributed by atoms with Gasteiger partial charge in [-0.2, -0.15) is 18.0 Å². The number of rotatable bonds is 6. The molecule has 0 atom stereocenters. The summed E-state index contributed by atoms with van der Waals surface area (Å²) in [6.07, 6.45) is -4.80. The van der Waals surface area contributed by atoms with Crippen LogP contribution in [0.5, 0.6) is 0 Å². The zero-order chi connectivity index (χ0) is 29.4. The third kappa shape index (κ3) is 6.59. The van der Waals surface area contributed by atoms with Gasteiger partial charge >= 0.3 is 6.18 Å². The Morgan fingerprint density at radius 2 is 1.77 bits per heavy atom. The first kappa shape index (κ1) is 29.0. The molecule has 0 unspecified atom stereocenters. The van der Waals surface area contributed by atoms with Crippen LogP contribution < -0.4 is 10.6 Å². The molecule has 2 N–H and O–H groups in total. The Hall–Kier alpha value is -3.97. The van der Waals surface area contributed by atoms with E-state index in [2.05, 4.69) is 31.0 Å². The van der Waals surface area contributed by atoms with Gasteiger partial charge in [0.25, 0.3) is 17.6 Å². The minimum Gasteiger partial charge on any atom is -0.438 e. The Bertz CT molecular complexity index is 1590. The van der Waals surface area contributed by atoms with Gasteiger partial charge in [-0.25, -0.2) is 4.98 Å². The largest absolute Gasteiger partial charge is 0.455 e. The van der Waals surface area contributed by atoms with Crippen LogP contribution in [0.4, 0.5) is 18.9 Å². The fourth-order valence-electron chi connectivity index (χ4n) is 3.63. The normalized spacial score (nSPS) is 11.9. The van der Waals surface area contributed by atoms with E-state index in [4.69, 9.17) is 27.6 Å². The van der Waals surface area contributed by atoms with Gasteiger partial charge in [0, 0.05) is 16.1 Å². The number of hydrogen-bond acceptors (Lipinski definition) is 7. The molecule has 4 rings (SSSR count). The number of anilines is 1. The quantitative estimate of drug-likeness (QED) is 0.288. The van der Waals surface area contributed by atoms with Crippen LogP contribution >= 0.6 is 23.2 Å². The molecule has 0 saturated carbocycles. The highest BCUT2D eigenvalue weighted by Gasteiger charge is 2.37. The number of amides is 2. The zero-order valence-electron chi connectivity index (χ0n) is 21.5. The molecule has 0 radical (unpaired) electrons. The van der Waals surface area contributed by atoms with Crippen LogP contribution in [-0.4, -0.2) is 42.5 Å². The van der Waals surface area contributed by atoms with E-state index in [-0.39, 0.29) is 38.6 Å². The van der Waals surface area contributed by atoms with E-state index in [1.807, 2.05) is 0 Å². The summed E-state index contributed by atoms with van der Waals surface area (Å²) in [5.41, 5.74) is 0.273. The number of hydrogen-bond donors (Lipinski definition) is 2. The number of alkyl halides is 3. The van der Waals surface area contributed by atoms with Gasteiger partial charge in [-0.1, -0.05) is 35.3 Å². The monoisotopic (exact) mass is 595 g/mol. The summed E-state index contributed by atoms with van der Waals surface area (Å²) in [7, 11) is 0. The molecule has 0 spiro atoms. The van der Waals surface area contributed by atoms with Crippen molar-refractivity contribution in [1.82, 2.24) is 30.5 Å². The number of nitrogens with one attached hydrogen (secondary N) is 2. The summed E-state index contributed by atoms with van der Waals surface area (Å²) in [4.78, 5) is 31.4. The van der Waals surface area contributed by atoms with Crippen molar-refractivity contribution in [1.29, 1.82) is 0 Å². The fourth-order valence-corrected chi connectivity index (χ4v) is 4.12. The average molecular weight is 596 g/mol. The lowest BCUT2D eigenvalue weighted by Crippen LogP contribution is -2.41. The molecule has 4 aromatic rings. The Morgan fingerprint density at radius 1 is 1.07 bits per heavy atom. The molecule has 0 saturated heterocycles. The number of aryl methyl sites for hydroxylation is 1. The van der Waals surface area contributed by atoms with Crippen molar-refractivity contribution in [3.8, 4) is 11.3 Å².